The van der Waals surface area contributed by atoms with Gasteiger partial charge in [-0.3, -0.25) is 0 Å². The number of rotatable bonds is 6. The van der Waals surface area contributed by atoms with Gasteiger partial charge in [0.05, 0.1) is 0 Å². The molecule has 20 heavy (non-hydrogen) atoms. The third-order valence-corrected chi connectivity index (χ3v) is 4.98. The lowest BCUT2D eigenvalue weighted by atomic mass is 9.75. The summed E-state index contributed by atoms with van der Waals surface area (Å²) in [7, 11) is 8.52. The second kappa shape index (κ2) is 6.33. The molecule has 1 aromatic rings. The number of halogens is 1. The van der Waals surface area contributed by atoms with Crippen LogP contribution in [0.5, 0.6) is 0 Å². The van der Waals surface area contributed by atoms with E-state index in [1.54, 1.807) is 0 Å². The molecule has 0 unspecified atom stereocenters. The Morgan fingerprint density at radius 1 is 1.25 bits per heavy atom. The molecule has 0 heterocycles. The molecule has 0 saturated heterocycles. The number of likely N-dealkylation sites (N-methyl/N-ethyl adjacent to an activating group) is 2. The van der Waals surface area contributed by atoms with E-state index < -0.39 is 0 Å². The summed E-state index contributed by atoms with van der Waals surface area (Å²) in [5.41, 5.74) is 2.75. The Labute approximate surface area is 127 Å². The zero-order valence-corrected chi connectivity index (χ0v) is 13.8. The Balaban J connectivity index is 2.21. The summed E-state index contributed by atoms with van der Waals surface area (Å²) in [6.45, 7) is 1.85. The lowest BCUT2D eigenvalue weighted by Crippen LogP contribution is -2.56. The van der Waals surface area contributed by atoms with Gasteiger partial charge in [0.2, 0.25) is 0 Å². The van der Waals surface area contributed by atoms with Crippen LogP contribution in [-0.4, -0.2) is 45.2 Å². The first kappa shape index (κ1) is 15.6. The first-order valence-electron chi connectivity index (χ1n) is 7.31. The maximum Gasteiger partial charge on any atom is 0.0471 e. The first-order chi connectivity index (χ1) is 9.50. The molecule has 1 N–H and O–H groups in total. The summed E-state index contributed by atoms with van der Waals surface area (Å²) in [6, 6.07) is 6.17. The molecule has 0 radical (unpaired) electrons. The molecule has 0 spiro atoms. The van der Waals surface area contributed by atoms with Crippen molar-refractivity contribution in [2.24, 2.45) is 0 Å². The lowest BCUT2D eigenvalue weighted by molar-refractivity contribution is 0.0683. The third-order valence-electron chi connectivity index (χ3n) is 4.62. The quantitative estimate of drug-likeness (QED) is 0.870. The molecule has 4 heteroatoms. The molecular weight excluding hydrogens is 270 g/mol. The highest BCUT2D eigenvalue weighted by molar-refractivity contribution is 6.31. The topological polar surface area (TPSA) is 18.5 Å². The highest BCUT2D eigenvalue weighted by Crippen LogP contribution is 2.38. The van der Waals surface area contributed by atoms with Crippen molar-refractivity contribution in [1.82, 2.24) is 10.2 Å². The van der Waals surface area contributed by atoms with E-state index in [1.807, 2.05) is 19.2 Å². The molecule has 0 atom stereocenters. The number of nitrogens with one attached hydrogen (secondary N) is 1. The number of nitrogens with zero attached hydrogens (tertiary/aromatic N) is 2. The van der Waals surface area contributed by atoms with Crippen LogP contribution in [-0.2, 0) is 6.54 Å². The van der Waals surface area contributed by atoms with Gasteiger partial charge in [-0.25, -0.2) is 0 Å². The normalized spacial score (nSPS) is 17.1. The van der Waals surface area contributed by atoms with Crippen molar-refractivity contribution in [1.29, 1.82) is 0 Å². The Hall–Kier alpha value is -0.770. The SMILES string of the molecule is CNCc1c(Cl)cccc1N(C)CC1(N(C)C)CCC1. The van der Waals surface area contributed by atoms with E-state index in [0.29, 0.717) is 5.54 Å². The molecule has 0 bridgehead atoms. The van der Waals surface area contributed by atoms with Crippen LogP contribution in [0.2, 0.25) is 5.02 Å². The number of anilines is 1. The smallest absolute Gasteiger partial charge is 0.0471 e. The lowest BCUT2D eigenvalue weighted by Gasteiger charge is -2.49. The van der Waals surface area contributed by atoms with Crippen LogP contribution in [0.3, 0.4) is 0 Å². The molecule has 112 valence electrons. The molecule has 1 aliphatic carbocycles. The highest BCUT2D eigenvalue weighted by atomic mass is 35.5. The van der Waals surface area contributed by atoms with Crippen molar-refractivity contribution < 1.29 is 0 Å². The number of benzene rings is 1. The second-order valence-electron chi connectivity index (χ2n) is 6.10. The van der Waals surface area contributed by atoms with Crippen LogP contribution in [0.1, 0.15) is 24.8 Å². The van der Waals surface area contributed by atoms with Crippen molar-refractivity contribution in [3.63, 3.8) is 0 Å². The molecule has 1 aliphatic rings. The van der Waals surface area contributed by atoms with Gasteiger partial charge in [0.1, 0.15) is 0 Å². The van der Waals surface area contributed by atoms with E-state index in [9.17, 15) is 0 Å². The predicted octanol–water partition coefficient (Wildman–Crippen LogP) is 2.98. The standard InChI is InChI=1S/C16H26ClN3/c1-18-11-13-14(17)7-5-8-15(13)20(4)12-16(19(2)3)9-6-10-16/h5,7-8,18H,6,9-12H2,1-4H3. The highest BCUT2D eigenvalue weighted by Gasteiger charge is 2.40. The predicted molar refractivity (Wildman–Crippen MR) is 87.8 cm³/mol. The van der Waals surface area contributed by atoms with Crippen molar-refractivity contribution in [2.75, 3.05) is 39.6 Å². The van der Waals surface area contributed by atoms with E-state index in [1.165, 1.54) is 30.5 Å². The number of hydrogen-bond donors (Lipinski definition) is 1. The van der Waals surface area contributed by atoms with E-state index in [4.69, 9.17) is 11.6 Å². The Morgan fingerprint density at radius 2 is 1.95 bits per heavy atom. The first-order valence-corrected chi connectivity index (χ1v) is 7.68. The Kier molecular flexibility index (Phi) is 4.95. The van der Waals surface area contributed by atoms with Crippen molar-refractivity contribution in [2.45, 2.75) is 31.3 Å². The molecule has 0 aromatic heterocycles. The van der Waals surface area contributed by atoms with E-state index in [0.717, 1.165) is 18.1 Å². The summed E-state index contributed by atoms with van der Waals surface area (Å²) < 4.78 is 0. The molecular formula is C16H26ClN3. The zero-order chi connectivity index (χ0) is 14.8. The minimum absolute atomic E-state index is 0.327. The van der Waals surface area contributed by atoms with Crippen molar-refractivity contribution in [3.8, 4) is 0 Å². The summed E-state index contributed by atoms with van der Waals surface area (Å²) >= 11 is 6.36. The fourth-order valence-corrected chi connectivity index (χ4v) is 3.35. The molecule has 3 nitrogen and oxygen atoms in total. The monoisotopic (exact) mass is 295 g/mol. The fourth-order valence-electron chi connectivity index (χ4n) is 3.11. The van der Waals surface area contributed by atoms with Crippen molar-refractivity contribution in [3.05, 3.63) is 28.8 Å². The van der Waals surface area contributed by atoms with Gasteiger partial charge in [-0.15, -0.1) is 0 Å². The minimum atomic E-state index is 0.327. The Bertz CT molecular complexity index is 455. The van der Waals surface area contributed by atoms with Crippen LogP contribution in [0.15, 0.2) is 18.2 Å². The van der Waals surface area contributed by atoms with Gasteiger partial charge in [-0.1, -0.05) is 17.7 Å². The van der Waals surface area contributed by atoms with Crippen LogP contribution in [0.4, 0.5) is 5.69 Å². The summed E-state index contributed by atoms with van der Waals surface area (Å²) in [5.74, 6) is 0. The average molecular weight is 296 g/mol. The van der Waals surface area contributed by atoms with Crippen LogP contribution >= 0.6 is 11.6 Å². The molecule has 1 saturated carbocycles. The molecule has 1 fully saturated rings. The van der Waals surface area contributed by atoms with Crippen LogP contribution in [0.25, 0.3) is 0 Å². The van der Waals surface area contributed by atoms with Gasteiger partial charge in [-0.2, -0.15) is 0 Å². The third kappa shape index (κ3) is 2.95. The van der Waals surface area contributed by atoms with Gasteiger partial charge in [0.15, 0.2) is 0 Å². The van der Waals surface area contributed by atoms with Gasteiger partial charge in [0, 0.05) is 41.9 Å². The summed E-state index contributed by atoms with van der Waals surface area (Å²) in [6.07, 6.45) is 3.91. The summed E-state index contributed by atoms with van der Waals surface area (Å²) in [4.78, 5) is 4.74. The van der Waals surface area contributed by atoms with E-state index in [2.05, 4.69) is 42.3 Å². The van der Waals surface area contributed by atoms with Gasteiger partial charge in [-0.05, 0) is 52.5 Å². The van der Waals surface area contributed by atoms with Crippen LogP contribution in [0, 0.1) is 0 Å². The average Bonchev–Trinajstić information content (AvgIpc) is 2.35. The maximum atomic E-state index is 6.36. The fraction of sp³-hybridized carbons (Fsp3) is 0.625. The largest absolute Gasteiger partial charge is 0.372 e. The Morgan fingerprint density at radius 3 is 2.45 bits per heavy atom. The molecule has 1 aromatic carbocycles. The van der Waals surface area contributed by atoms with Crippen LogP contribution < -0.4 is 10.2 Å². The number of hydrogen-bond acceptors (Lipinski definition) is 3. The van der Waals surface area contributed by atoms with Crippen molar-refractivity contribution >= 4 is 17.3 Å². The minimum Gasteiger partial charge on any atom is -0.372 e. The van der Waals surface area contributed by atoms with Gasteiger partial charge in [0.25, 0.3) is 0 Å². The van der Waals surface area contributed by atoms with Gasteiger partial charge >= 0.3 is 0 Å². The molecule has 0 aliphatic heterocycles. The van der Waals surface area contributed by atoms with E-state index in [-0.39, 0.29) is 0 Å². The maximum absolute atomic E-state index is 6.36. The second-order valence-corrected chi connectivity index (χ2v) is 6.50. The zero-order valence-electron chi connectivity index (χ0n) is 13.0. The van der Waals surface area contributed by atoms with E-state index >= 15 is 0 Å². The molecule has 0 amide bonds. The molecule has 2 rings (SSSR count). The summed E-state index contributed by atoms with van der Waals surface area (Å²) in [5, 5.41) is 4.06. The van der Waals surface area contributed by atoms with Gasteiger partial charge < -0.3 is 15.1 Å².